The molecule has 0 unspecified atom stereocenters. The highest BCUT2D eigenvalue weighted by Crippen LogP contribution is 2.21. The Bertz CT molecular complexity index is 541. The zero-order valence-electron chi connectivity index (χ0n) is 16.6. The highest BCUT2D eigenvalue weighted by atomic mass is 16.5. The van der Waals surface area contributed by atoms with Gasteiger partial charge in [0.05, 0.1) is 6.61 Å². The number of hydrogen-bond acceptors (Lipinski definition) is 4. The van der Waals surface area contributed by atoms with Crippen LogP contribution >= 0.6 is 0 Å². The summed E-state index contributed by atoms with van der Waals surface area (Å²) < 4.78 is 11.6. The Kier molecular flexibility index (Phi) is 8.39. The van der Waals surface area contributed by atoms with Gasteiger partial charge in [-0.1, -0.05) is 13.8 Å². The van der Waals surface area contributed by atoms with Crippen LogP contribution < -0.4 is 10.1 Å². The van der Waals surface area contributed by atoms with E-state index < -0.39 is 5.60 Å². The number of hydrogen-bond donors (Lipinski definition) is 1. The minimum Gasteiger partial charge on any atom is -0.494 e. The molecule has 0 aromatic heterocycles. The van der Waals surface area contributed by atoms with E-state index >= 15 is 0 Å². The molecule has 1 aromatic rings. The van der Waals surface area contributed by atoms with Crippen molar-refractivity contribution in [3.8, 4) is 5.75 Å². The Hall–Kier alpha value is -1.59. The molecule has 1 saturated heterocycles. The number of likely N-dealkylation sites (tertiary alicyclic amines) is 1. The second-order valence-electron chi connectivity index (χ2n) is 7.16. The maximum absolute atomic E-state index is 12.5. The average molecular weight is 363 g/mol. The summed E-state index contributed by atoms with van der Waals surface area (Å²) in [6, 6.07) is 7.57. The van der Waals surface area contributed by atoms with Gasteiger partial charge in [0.2, 0.25) is 0 Å². The van der Waals surface area contributed by atoms with Gasteiger partial charge in [-0.25, -0.2) is 0 Å². The van der Waals surface area contributed by atoms with Crippen LogP contribution in [0.25, 0.3) is 0 Å². The average Bonchev–Trinajstić information content (AvgIpc) is 3.18. The van der Waals surface area contributed by atoms with Crippen LogP contribution in [0.4, 0.5) is 5.69 Å². The third-order valence-corrected chi connectivity index (χ3v) is 4.98. The van der Waals surface area contributed by atoms with E-state index in [1.165, 1.54) is 25.9 Å². The number of benzene rings is 1. The maximum atomic E-state index is 12.5. The van der Waals surface area contributed by atoms with Gasteiger partial charge in [0.15, 0.2) is 0 Å². The molecule has 1 heterocycles. The first-order chi connectivity index (χ1) is 12.6. The van der Waals surface area contributed by atoms with E-state index in [0.717, 1.165) is 37.4 Å². The molecule has 1 aromatic carbocycles. The molecule has 1 fully saturated rings. The second kappa shape index (κ2) is 10.5. The van der Waals surface area contributed by atoms with Crippen molar-refractivity contribution >= 4 is 11.6 Å². The van der Waals surface area contributed by atoms with Crippen molar-refractivity contribution < 1.29 is 14.3 Å². The van der Waals surface area contributed by atoms with Gasteiger partial charge in [-0.2, -0.15) is 0 Å². The number of carbonyl (C=O) groups excluding carboxylic acids is 1. The summed E-state index contributed by atoms with van der Waals surface area (Å²) in [5, 5.41) is 2.95. The predicted molar refractivity (Wildman–Crippen MR) is 106 cm³/mol. The quantitative estimate of drug-likeness (QED) is 0.603. The molecule has 1 atom stereocenters. The van der Waals surface area contributed by atoms with Crippen LogP contribution in [0.5, 0.6) is 5.75 Å². The fraction of sp³-hybridized carbons (Fsp3) is 0.667. The fourth-order valence-corrected chi connectivity index (χ4v) is 3.04. The van der Waals surface area contributed by atoms with E-state index in [1.807, 2.05) is 45.0 Å². The van der Waals surface area contributed by atoms with E-state index in [0.29, 0.717) is 13.0 Å². The molecule has 5 nitrogen and oxygen atoms in total. The van der Waals surface area contributed by atoms with E-state index in [4.69, 9.17) is 9.47 Å². The first kappa shape index (κ1) is 20.7. The van der Waals surface area contributed by atoms with Crippen LogP contribution in [0.3, 0.4) is 0 Å². The third-order valence-electron chi connectivity index (χ3n) is 4.98. The summed E-state index contributed by atoms with van der Waals surface area (Å²) in [5.41, 5.74) is -0.0278. The molecule has 5 heteroatoms. The molecule has 2 rings (SSSR count). The normalized spacial score (nSPS) is 17.0. The van der Waals surface area contributed by atoms with E-state index in [-0.39, 0.29) is 5.91 Å². The Morgan fingerprint density at radius 1 is 1.15 bits per heavy atom. The van der Waals surface area contributed by atoms with Crippen molar-refractivity contribution in [2.24, 2.45) is 0 Å². The summed E-state index contributed by atoms with van der Waals surface area (Å²) in [4.78, 5) is 15.0. The van der Waals surface area contributed by atoms with Crippen LogP contribution in [-0.4, -0.2) is 49.3 Å². The molecular formula is C21H34N2O3. The van der Waals surface area contributed by atoms with Crippen LogP contribution in [0.15, 0.2) is 24.3 Å². The first-order valence-electron chi connectivity index (χ1n) is 9.98. The van der Waals surface area contributed by atoms with E-state index in [2.05, 4.69) is 10.2 Å². The van der Waals surface area contributed by atoms with Crippen molar-refractivity contribution in [2.45, 2.75) is 58.5 Å². The number of nitrogens with zero attached hydrogens (tertiary/aromatic N) is 1. The van der Waals surface area contributed by atoms with E-state index in [1.54, 1.807) is 0 Å². The molecule has 0 aliphatic carbocycles. The number of amides is 1. The highest BCUT2D eigenvalue weighted by Gasteiger charge is 2.32. The smallest absolute Gasteiger partial charge is 0.256 e. The summed E-state index contributed by atoms with van der Waals surface area (Å²) in [7, 11) is 0. The Labute approximate surface area is 158 Å². The maximum Gasteiger partial charge on any atom is 0.256 e. The summed E-state index contributed by atoms with van der Waals surface area (Å²) in [6.07, 6.45) is 5.23. The number of anilines is 1. The molecule has 146 valence electrons. The third kappa shape index (κ3) is 6.29. The summed E-state index contributed by atoms with van der Waals surface area (Å²) >= 11 is 0. The van der Waals surface area contributed by atoms with Crippen molar-refractivity contribution in [3.63, 3.8) is 0 Å². The molecule has 1 aliphatic heterocycles. The molecule has 1 aliphatic rings. The Morgan fingerprint density at radius 2 is 1.85 bits per heavy atom. The predicted octanol–water partition coefficient (Wildman–Crippen LogP) is 4.09. The van der Waals surface area contributed by atoms with Gasteiger partial charge in [-0.05, 0) is 76.4 Å². The van der Waals surface area contributed by atoms with Gasteiger partial charge >= 0.3 is 0 Å². The van der Waals surface area contributed by atoms with Crippen LogP contribution in [-0.2, 0) is 9.53 Å². The SMILES string of the molecule is CCCO[C@@](C)(CC)C(=O)Nc1ccc(OCCCN2CCCC2)cc1. The van der Waals surface area contributed by atoms with Crippen molar-refractivity contribution in [2.75, 3.05) is 38.2 Å². The fourth-order valence-electron chi connectivity index (χ4n) is 3.04. The number of ether oxygens (including phenoxy) is 2. The minimum atomic E-state index is -0.791. The molecule has 0 saturated carbocycles. The molecule has 0 radical (unpaired) electrons. The zero-order chi connectivity index (χ0) is 18.8. The van der Waals surface area contributed by atoms with Crippen LogP contribution in [0.1, 0.15) is 52.9 Å². The second-order valence-corrected chi connectivity index (χ2v) is 7.16. The van der Waals surface area contributed by atoms with Crippen molar-refractivity contribution in [1.29, 1.82) is 0 Å². The van der Waals surface area contributed by atoms with Gasteiger partial charge in [0.25, 0.3) is 5.91 Å². The van der Waals surface area contributed by atoms with Gasteiger partial charge in [0, 0.05) is 18.8 Å². The largest absolute Gasteiger partial charge is 0.494 e. The van der Waals surface area contributed by atoms with Crippen molar-refractivity contribution in [1.82, 2.24) is 4.90 Å². The highest BCUT2D eigenvalue weighted by molar-refractivity contribution is 5.97. The zero-order valence-corrected chi connectivity index (χ0v) is 16.6. The standard InChI is InChI=1S/C21H34N2O3/c1-4-16-26-21(3,5-2)20(24)22-18-9-11-19(12-10-18)25-17-8-15-23-13-6-7-14-23/h9-12H,4-8,13-17H2,1-3H3,(H,22,24)/t21-/m0/s1. The molecular weight excluding hydrogens is 328 g/mol. The first-order valence-corrected chi connectivity index (χ1v) is 9.98. The molecule has 0 bridgehead atoms. The number of nitrogens with one attached hydrogen (secondary N) is 1. The Balaban J connectivity index is 1.76. The molecule has 26 heavy (non-hydrogen) atoms. The van der Waals surface area contributed by atoms with Crippen LogP contribution in [0.2, 0.25) is 0 Å². The monoisotopic (exact) mass is 362 g/mol. The van der Waals surface area contributed by atoms with Crippen LogP contribution in [0, 0.1) is 0 Å². The molecule has 0 spiro atoms. The summed E-state index contributed by atoms with van der Waals surface area (Å²) in [6.45, 7) is 10.7. The lowest BCUT2D eigenvalue weighted by Gasteiger charge is -2.27. The van der Waals surface area contributed by atoms with E-state index in [9.17, 15) is 4.79 Å². The molecule has 1 N–H and O–H groups in total. The lowest BCUT2D eigenvalue weighted by atomic mass is 10.0. The number of carbonyl (C=O) groups is 1. The Morgan fingerprint density at radius 3 is 2.46 bits per heavy atom. The van der Waals surface area contributed by atoms with Gasteiger partial charge < -0.3 is 19.7 Å². The lowest BCUT2D eigenvalue weighted by molar-refractivity contribution is -0.139. The van der Waals surface area contributed by atoms with Gasteiger partial charge in [0.1, 0.15) is 11.4 Å². The van der Waals surface area contributed by atoms with Gasteiger partial charge in [-0.3, -0.25) is 4.79 Å². The number of rotatable bonds is 11. The molecule has 1 amide bonds. The lowest BCUT2D eigenvalue weighted by Crippen LogP contribution is -2.42. The topological polar surface area (TPSA) is 50.8 Å². The minimum absolute atomic E-state index is 0.104. The van der Waals surface area contributed by atoms with Crippen molar-refractivity contribution in [3.05, 3.63) is 24.3 Å². The summed E-state index contributed by atoms with van der Waals surface area (Å²) in [5.74, 6) is 0.734. The van der Waals surface area contributed by atoms with Gasteiger partial charge in [-0.15, -0.1) is 0 Å².